The Hall–Kier alpha value is -3.35. The van der Waals surface area contributed by atoms with E-state index in [2.05, 4.69) is 17.6 Å². The minimum absolute atomic E-state index is 0.214. The summed E-state index contributed by atoms with van der Waals surface area (Å²) in [5.74, 6) is -0.772. The molecule has 0 spiro atoms. The van der Waals surface area contributed by atoms with Crippen molar-refractivity contribution < 1.29 is 19.1 Å². The van der Waals surface area contributed by atoms with E-state index in [-0.39, 0.29) is 17.7 Å². The summed E-state index contributed by atoms with van der Waals surface area (Å²) in [5.41, 5.74) is 1.96. The number of carbonyl (C=O) groups is 3. The number of ether oxygens (including phenoxy) is 1. The van der Waals surface area contributed by atoms with Crippen LogP contribution in [-0.2, 0) is 20.9 Å². The Morgan fingerprint density at radius 2 is 1.58 bits per heavy atom. The number of benzene rings is 2. The van der Waals surface area contributed by atoms with Crippen molar-refractivity contribution in [2.45, 2.75) is 92.0 Å². The Kier molecular flexibility index (Phi) is 11.8. The van der Waals surface area contributed by atoms with Crippen LogP contribution in [0.2, 0.25) is 0 Å². The molecule has 0 aliphatic rings. The van der Waals surface area contributed by atoms with Crippen LogP contribution in [-0.4, -0.2) is 41.0 Å². The monoisotopic (exact) mass is 523 g/mol. The molecule has 0 aliphatic carbocycles. The van der Waals surface area contributed by atoms with Crippen LogP contribution in [0.1, 0.15) is 83.5 Å². The number of nitrogens with one attached hydrogen (secondary N) is 2. The molecular weight excluding hydrogens is 478 g/mol. The van der Waals surface area contributed by atoms with Crippen LogP contribution in [0.3, 0.4) is 0 Å². The summed E-state index contributed by atoms with van der Waals surface area (Å²) in [6.45, 7) is 13.9. The number of alkyl carbamates (subject to hydrolysis) is 1. The van der Waals surface area contributed by atoms with Gasteiger partial charge in [-0.1, -0.05) is 88.2 Å². The van der Waals surface area contributed by atoms with Crippen LogP contribution in [0.25, 0.3) is 0 Å². The number of hydrogen-bond donors (Lipinski definition) is 2. The molecule has 2 atom stereocenters. The molecule has 2 N–H and O–H groups in total. The third kappa shape index (κ3) is 9.51. The first-order valence-electron chi connectivity index (χ1n) is 13.6. The molecule has 2 rings (SSSR count). The third-order valence-corrected chi connectivity index (χ3v) is 6.24. The molecule has 3 amide bonds. The fourth-order valence-corrected chi connectivity index (χ4v) is 4.25. The Morgan fingerprint density at radius 3 is 2.16 bits per heavy atom. The zero-order chi connectivity index (χ0) is 28.3. The Bertz CT molecular complexity index is 1050. The van der Waals surface area contributed by atoms with Gasteiger partial charge in [-0.3, -0.25) is 9.59 Å². The second-order valence-corrected chi connectivity index (χ2v) is 11.1. The Morgan fingerprint density at radius 1 is 0.947 bits per heavy atom. The molecular formula is C31H45N3O4. The standard InChI is InChI=1S/C31H45N3O4/c1-8-9-15-20-34(29(36)26(22(2)3)33-30(37)38-31(5,6)7)27(25-19-14-13-16-23(25)4)28(35)32-21-24-17-11-10-12-18-24/h10-14,16-19,22,26-27H,8-9,15,20-21H2,1-7H3,(H,32,35)(H,33,37). The molecule has 7 heteroatoms. The van der Waals surface area contributed by atoms with Crippen LogP contribution in [0.5, 0.6) is 0 Å². The molecule has 0 bridgehead atoms. The van der Waals surface area contributed by atoms with Gasteiger partial charge in [0.2, 0.25) is 11.8 Å². The van der Waals surface area contributed by atoms with Crippen LogP contribution in [0.4, 0.5) is 4.79 Å². The number of unbranched alkanes of at least 4 members (excludes halogenated alkanes) is 2. The van der Waals surface area contributed by atoms with Gasteiger partial charge in [0.05, 0.1) is 0 Å². The van der Waals surface area contributed by atoms with Gasteiger partial charge >= 0.3 is 6.09 Å². The van der Waals surface area contributed by atoms with Gasteiger partial charge in [-0.15, -0.1) is 0 Å². The van der Waals surface area contributed by atoms with Gasteiger partial charge in [0.1, 0.15) is 17.7 Å². The summed E-state index contributed by atoms with van der Waals surface area (Å²) < 4.78 is 5.45. The van der Waals surface area contributed by atoms with Gasteiger partial charge in [-0.2, -0.15) is 0 Å². The number of amides is 3. The van der Waals surface area contributed by atoms with Crippen LogP contribution in [0, 0.1) is 12.8 Å². The van der Waals surface area contributed by atoms with E-state index in [0.29, 0.717) is 13.1 Å². The zero-order valence-corrected chi connectivity index (χ0v) is 24.0. The van der Waals surface area contributed by atoms with Crippen molar-refractivity contribution in [1.82, 2.24) is 15.5 Å². The van der Waals surface area contributed by atoms with Gasteiger partial charge < -0.3 is 20.3 Å². The summed E-state index contributed by atoms with van der Waals surface area (Å²) in [5, 5.41) is 5.82. The lowest BCUT2D eigenvalue weighted by Gasteiger charge is -2.36. The van der Waals surface area contributed by atoms with E-state index >= 15 is 0 Å². The van der Waals surface area contributed by atoms with E-state index < -0.39 is 23.8 Å². The summed E-state index contributed by atoms with van der Waals surface area (Å²) in [4.78, 5) is 42.3. The van der Waals surface area contributed by atoms with E-state index in [9.17, 15) is 14.4 Å². The first kappa shape index (κ1) is 30.9. The summed E-state index contributed by atoms with van der Waals surface area (Å²) in [6.07, 6.45) is 1.98. The number of carbonyl (C=O) groups excluding carboxylic acids is 3. The number of nitrogens with zero attached hydrogens (tertiary/aromatic N) is 1. The molecule has 0 aliphatic heterocycles. The van der Waals surface area contributed by atoms with Crippen molar-refractivity contribution in [3.05, 3.63) is 71.3 Å². The predicted octanol–water partition coefficient (Wildman–Crippen LogP) is 5.92. The molecule has 0 saturated carbocycles. The maximum absolute atomic E-state index is 14.2. The van der Waals surface area contributed by atoms with E-state index in [0.717, 1.165) is 36.0 Å². The van der Waals surface area contributed by atoms with E-state index in [1.807, 2.05) is 75.4 Å². The van der Waals surface area contributed by atoms with Gasteiger partial charge in [0.15, 0.2) is 0 Å². The summed E-state index contributed by atoms with van der Waals surface area (Å²) in [6, 6.07) is 15.6. The average Bonchev–Trinajstić information content (AvgIpc) is 2.85. The fraction of sp³-hybridized carbons (Fsp3) is 0.516. The lowest BCUT2D eigenvalue weighted by atomic mass is 9.95. The lowest BCUT2D eigenvalue weighted by Crippen LogP contribution is -2.55. The Balaban J connectivity index is 2.46. The van der Waals surface area contributed by atoms with Crippen molar-refractivity contribution in [2.24, 2.45) is 5.92 Å². The summed E-state index contributed by atoms with van der Waals surface area (Å²) in [7, 11) is 0. The van der Waals surface area contributed by atoms with E-state index in [4.69, 9.17) is 4.74 Å². The van der Waals surface area contributed by atoms with Crippen LogP contribution < -0.4 is 10.6 Å². The van der Waals surface area contributed by atoms with E-state index in [1.165, 1.54) is 0 Å². The maximum atomic E-state index is 14.2. The first-order valence-corrected chi connectivity index (χ1v) is 13.6. The van der Waals surface area contributed by atoms with Crippen LogP contribution in [0.15, 0.2) is 54.6 Å². The molecule has 0 saturated heterocycles. The average molecular weight is 524 g/mol. The fourth-order valence-electron chi connectivity index (χ4n) is 4.25. The van der Waals surface area contributed by atoms with Crippen LogP contribution >= 0.6 is 0 Å². The van der Waals surface area contributed by atoms with Crippen molar-refractivity contribution >= 4 is 17.9 Å². The summed E-state index contributed by atoms with van der Waals surface area (Å²) >= 11 is 0. The maximum Gasteiger partial charge on any atom is 0.408 e. The molecule has 2 unspecified atom stereocenters. The number of rotatable bonds is 12. The van der Waals surface area contributed by atoms with Gasteiger partial charge in [0, 0.05) is 13.1 Å². The molecule has 7 nitrogen and oxygen atoms in total. The Labute approximate surface area is 228 Å². The second kappa shape index (κ2) is 14.6. The van der Waals surface area contributed by atoms with Crippen molar-refractivity contribution in [1.29, 1.82) is 0 Å². The van der Waals surface area contributed by atoms with Crippen molar-refractivity contribution in [2.75, 3.05) is 6.54 Å². The second-order valence-electron chi connectivity index (χ2n) is 11.1. The quantitative estimate of drug-likeness (QED) is 0.338. The first-order chi connectivity index (χ1) is 17.9. The molecule has 0 fully saturated rings. The highest BCUT2D eigenvalue weighted by molar-refractivity contribution is 5.92. The molecule has 0 radical (unpaired) electrons. The van der Waals surface area contributed by atoms with Gasteiger partial charge in [-0.05, 0) is 56.7 Å². The van der Waals surface area contributed by atoms with Crippen molar-refractivity contribution in [3.63, 3.8) is 0 Å². The smallest absolute Gasteiger partial charge is 0.408 e. The topological polar surface area (TPSA) is 87.7 Å². The van der Waals surface area contributed by atoms with Crippen molar-refractivity contribution in [3.8, 4) is 0 Å². The lowest BCUT2D eigenvalue weighted by molar-refractivity contribution is -0.143. The largest absolute Gasteiger partial charge is 0.444 e. The molecule has 0 aromatic heterocycles. The zero-order valence-electron chi connectivity index (χ0n) is 24.0. The molecule has 0 heterocycles. The molecule has 208 valence electrons. The minimum Gasteiger partial charge on any atom is -0.444 e. The third-order valence-electron chi connectivity index (χ3n) is 6.24. The molecule has 38 heavy (non-hydrogen) atoms. The highest BCUT2D eigenvalue weighted by Crippen LogP contribution is 2.27. The molecule has 2 aromatic rings. The predicted molar refractivity (Wildman–Crippen MR) is 151 cm³/mol. The molecule has 2 aromatic carbocycles. The number of aryl methyl sites for hydroxylation is 1. The van der Waals surface area contributed by atoms with Gasteiger partial charge in [0.25, 0.3) is 0 Å². The minimum atomic E-state index is -0.847. The highest BCUT2D eigenvalue weighted by atomic mass is 16.6. The normalized spacial score (nSPS) is 12.9. The number of hydrogen-bond acceptors (Lipinski definition) is 4. The van der Waals surface area contributed by atoms with E-state index in [1.54, 1.807) is 25.7 Å². The highest BCUT2D eigenvalue weighted by Gasteiger charge is 2.37. The van der Waals surface area contributed by atoms with Gasteiger partial charge in [-0.25, -0.2) is 4.79 Å². The SMILES string of the molecule is CCCCCN(C(=O)C(NC(=O)OC(C)(C)C)C(C)C)C(C(=O)NCc1ccccc1)c1ccccc1C.